The lowest BCUT2D eigenvalue weighted by Crippen LogP contribution is -2.19. The Balaban J connectivity index is 2.04. The van der Waals surface area contributed by atoms with Gasteiger partial charge in [0.25, 0.3) is 5.91 Å². The molecule has 126 valence electrons. The molecule has 1 aliphatic heterocycles. The molecular weight excluding hydrogens is 312 g/mol. The van der Waals surface area contributed by atoms with Gasteiger partial charge < -0.3 is 5.32 Å². The quantitative estimate of drug-likeness (QED) is 0.725. The number of hydrogen-bond donors (Lipinski definition) is 1. The van der Waals surface area contributed by atoms with Crippen molar-refractivity contribution in [2.45, 2.75) is 27.3 Å². The van der Waals surface area contributed by atoms with Crippen molar-refractivity contribution in [3.63, 3.8) is 0 Å². The highest BCUT2D eigenvalue weighted by Crippen LogP contribution is 2.39. The minimum absolute atomic E-state index is 0.0571. The topological polar surface area (TPSA) is 59.8 Å². The van der Waals surface area contributed by atoms with E-state index in [0.717, 1.165) is 34.7 Å². The van der Waals surface area contributed by atoms with E-state index in [1.807, 2.05) is 53.2 Å². The Labute approximate surface area is 146 Å². The second-order valence-corrected chi connectivity index (χ2v) is 7.55. The summed E-state index contributed by atoms with van der Waals surface area (Å²) in [6.45, 7) is 7.25. The molecule has 0 saturated heterocycles. The summed E-state index contributed by atoms with van der Waals surface area (Å²) in [5.74, 6) is -0.126. The van der Waals surface area contributed by atoms with Crippen molar-refractivity contribution >= 4 is 11.6 Å². The largest absolute Gasteiger partial charge is 0.321 e. The highest BCUT2D eigenvalue weighted by atomic mass is 16.1. The monoisotopic (exact) mass is 332 g/mol. The van der Waals surface area contributed by atoms with Gasteiger partial charge in [-0.3, -0.25) is 4.79 Å². The van der Waals surface area contributed by atoms with E-state index in [4.69, 9.17) is 0 Å². The minimum atomic E-state index is -0.126. The molecule has 0 aliphatic carbocycles. The molecular formula is C20H20N4O. The average molecular weight is 332 g/mol. The Morgan fingerprint density at radius 3 is 2.32 bits per heavy atom. The molecule has 2 heterocycles. The number of fused-ring (bicyclic) bond motifs is 5. The van der Waals surface area contributed by atoms with Crippen LogP contribution in [0.4, 0.5) is 5.69 Å². The standard InChI is InChI=1S/C20H20N4O/c1-20(2,3)12-24-18-15-10-6-7-11-16(15)21-19(25)14-9-5-4-8-13(14)17(18)22-23-24/h4-11H,12H2,1-3H3,(H,21,25). The van der Waals surface area contributed by atoms with Crippen LogP contribution in [0.3, 0.4) is 0 Å². The summed E-state index contributed by atoms with van der Waals surface area (Å²) in [4.78, 5) is 12.7. The molecule has 0 spiro atoms. The van der Waals surface area contributed by atoms with Gasteiger partial charge in [0.05, 0.1) is 11.4 Å². The van der Waals surface area contributed by atoms with Crippen LogP contribution < -0.4 is 5.32 Å². The molecule has 1 aromatic heterocycles. The summed E-state index contributed by atoms with van der Waals surface area (Å²) in [5.41, 5.74) is 4.89. The number of benzene rings is 2. The lowest BCUT2D eigenvalue weighted by Gasteiger charge is -2.22. The number of amides is 1. The number of carbonyl (C=O) groups is 1. The summed E-state index contributed by atoms with van der Waals surface area (Å²) in [6, 6.07) is 15.4. The fourth-order valence-electron chi connectivity index (χ4n) is 3.20. The van der Waals surface area contributed by atoms with E-state index in [-0.39, 0.29) is 11.3 Å². The first-order chi connectivity index (χ1) is 11.9. The van der Waals surface area contributed by atoms with Gasteiger partial charge in [-0.15, -0.1) is 5.10 Å². The first-order valence-corrected chi connectivity index (χ1v) is 8.38. The van der Waals surface area contributed by atoms with E-state index in [2.05, 4.69) is 36.4 Å². The Morgan fingerprint density at radius 1 is 0.960 bits per heavy atom. The van der Waals surface area contributed by atoms with E-state index in [1.165, 1.54) is 0 Å². The first-order valence-electron chi connectivity index (χ1n) is 8.38. The van der Waals surface area contributed by atoms with E-state index in [1.54, 1.807) is 0 Å². The van der Waals surface area contributed by atoms with E-state index in [9.17, 15) is 4.79 Å². The molecule has 5 heteroatoms. The number of hydrogen-bond acceptors (Lipinski definition) is 3. The summed E-state index contributed by atoms with van der Waals surface area (Å²) in [7, 11) is 0. The molecule has 0 unspecified atom stereocenters. The molecule has 2 aromatic carbocycles. The SMILES string of the molecule is CC(C)(C)Cn1nnc2c1-c1ccccc1NC(=O)c1ccccc1-2. The van der Waals surface area contributed by atoms with Gasteiger partial charge in [-0.05, 0) is 17.5 Å². The molecule has 3 aromatic rings. The third-order valence-electron chi connectivity index (χ3n) is 4.22. The van der Waals surface area contributed by atoms with Crippen molar-refractivity contribution in [1.29, 1.82) is 0 Å². The van der Waals surface area contributed by atoms with Crippen LogP contribution in [-0.4, -0.2) is 20.9 Å². The van der Waals surface area contributed by atoms with Crippen molar-refractivity contribution < 1.29 is 4.79 Å². The van der Waals surface area contributed by atoms with Crippen molar-refractivity contribution in [3.05, 3.63) is 54.1 Å². The molecule has 0 fully saturated rings. The van der Waals surface area contributed by atoms with Crippen LogP contribution in [0.2, 0.25) is 0 Å². The fraction of sp³-hybridized carbons (Fsp3) is 0.250. The number of para-hydroxylation sites is 1. The van der Waals surface area contributed by atoms with Crippen molar-refractivity contribution in [1.82, 2.24) is 15.0 Å². The zero-order valence-electron chi connectivity index (χ0n) is 14.6. The summed E-state index contributed by atoms with van der Waals surface area (Å²) < 4.78 is 1.95. The average Bonchev–Trinajstić information content (AvgIpc) is 2.95. The number of rotatable bonds is 1. The summed E-state index contributed by atoms with van der Waals surface area (Å²) >= 11 is 0. The van der Waals surface area contributed by atoms with Crippen molar-refractivity contribution in [2.75, 3.05) is 5.32 Å². The third-order valence-corrected chi connectivity index (χ3v) is 4.22. The molecule has 1 amide bonds. The summed E-state index contributed by atoms with van der Waals surface area (Å²) in [6.07, 6.45) is 0. The number of nitrogens with zero attached hydrogens (tertiary/aromatic N) is 3. The Bertz CT molecular complexity index is 966. The first kappa shape index (κ1) is 15.6. The van der Waals surface area contributed by atoms with Gasteiger partial charge >= 0.3 is 0 Å². The number of aromatic nitrogens is 3. The normalized spacial score (nSPS) is 13.2. The highest BCUT2D eigenvalue weighted by Gasteiger charge is 2.27. The lowest BCUT2D eigenvalue weighted by molar-refractivity contribution is 0.102. The molecule has 0 atom stereocenters. The smallest absolute Gasteiger partial charge is 0.256 e. The molecule has 0 radical (unpaired) electrons. The number of carbonyl (C=O) groups excluding carboxylic acids is 1. The van der Waals surface area contributed by atoms with Crippen molar-refractivity contribution in [2.24, 2.45) is 5.41 Å². The lowest BCUT2D eigenvalue weighted by atomic mass is 9.94. The van der Waals surface area contributed by atoms with Crippen LogP contribution in [0.1, 0.15) is 31.1 Å². The van der Waals surface area contributed by atoms with Crippen LogP contribution in [0, 0.1) is 5.41 Å². The predicted octanol–water partition coefficient (Wildman–Crippen LogP) is 4.22. The molecule has 0 saturated carbocycles. The third kappa shape index (κ3) is 2.71. The highest BCUT2D eigenvalue weighted by molar-refractivity contribution is 6.12. The van der Waals surface area contributed by atoms with Crippen LogP contribution in [0.15, 0.2) is 48.5 Å². The molecule has 5 nitrogen and oxygen atoms in total. The fourth-order valence-corrected chi connectivity index (χ4v) is 3.20. The van der Waals surface area contributed by atoms with Crippen LogP contribution in [0.25, 0.3) is 22.5 Å². The van der Waals surface area contributed by atoms with Crippen LogP contribution in [0.5, 0.6) is 0 Å². The molecule has 0 bridgehead atoms. The summed E-state index contributed by atoms with van der Waals surface area (Å²) in [5, 5.41) is 11.9. The molecule has 1 aliphatic rings. The van der Waals surface area contributed by atoms with Gasteiger partial charge in [0.15, 0.2) is 0 Å². The second kappa shape index (κ2) is 5.55. The van der Waals surface area contributed by atoms with Gasteiger partial charge in [-0.25, -0.2) is 4.68 Å². The van der Waals surface area contributed by atoms with Gasteiger partial charge in [-0.1, -0.05) is 62.4 Å². The Morgan fingerprint density at radius 2 is 1.60 bits per heavy atom. The maximum atomic E-state index is 12.7. The number of nitrogens with one attached hydrogen (secondary N) is 1. The molecule has 25 heavy (non-hydrogen) atoms. The van der Waals surface area contributed by atoms with Gasteiger partial charge in [0, 0.05) is 23.2 Å². The molecule has 4 rings (SSSR count). The predicted molar refractivity (Wildman–Crippen MR) is 98.3 cm³/mol. The van der Waals surface area contributed by atoms with Gasteiger partial charge in [0.2, 0.25) is 0 Å². The van der Waals surface area contributed by atoms with Crippen LogP contribution in [-0.2, 0) is 6.54 Å². The zero-order chi connectivity index (χ0) is 17.6. The van der Waals surface area contributed by atoms with E-state index >= 15 is 0 Å². The van der Waals surface area contributed by atoms with Gasteiger partial charge in [-0.2, -0.15) is 0 Å². The second-order valence-electron chi connectivity index (χ2n) is 7.55. The maximum Gasteiger partial charge on any atom is 0.256 e. The number of anilines is 1. The zero-order valence-corrected chi connectivity index (χ0v) is 14.6. The van der Waals surface area contributed by atoms with Crippen LogP contribution >= 0.6 is 0 Å². The van der Waals surface area contributed by atoms with Gasteiger partial charge in [0.1, 0.15) is 5.69 Å². The Kier molecular flexibility index (Phi) is 3.46. The minimum Gasteiger partial charge on any atom is -0.321 e. The Hall–Kier alpha value is -2.95. The van der Waals surface area contributed by atoms with E-state index in [0.29, 0.717) is 5.56 Å². The molecule has 1 N–H and O–H groups in total. The van der Waals surface area contributed by atoms with Crippen molar-refractivity contribution in [3.8, 4) is 22.5 Å². The maximum absolute atomic E-state index is 12.7. The van der Waals surface area contributed by atoms with E-state index < -0.39 is 0 Å².